The van der Waals surface area contributed by atoms with Crippen LogP contribution in [-0.4, -0.2) is 27.4 Å². The van der Waals surface area contributed by atoms with Crippen molar-refractivity contribution < 1.29 is 18.9 Å². The van der Waals surface area contributed by atoms with Crippen LogP contribution in [0.4, 0.5) is 0 Å². The Morgan fingerprint density at radius 2 is 1.42 bits per heavy atom. The Morgan fingerprint density at radius 3 is 2.04 bits per heavy atom. The minimum absolute atomic E-state index is 0.513. The highest BCUT2D eigenvalue weighted by molar-refractivity contribution is 9.10. The van der Waals surface area contributed by atoms with E-state index in [0.717, 1.165) is 16.6 Å². The molecule has 0 amide bonds. The maximum atomic E-state index is 5.83. The third kappa shape index (κ3) is 4.57. The smallest absolute Gasteiger partial charge is 0.203 e. The van der Waals surface area contributed by atoms with Crippen LogP contribution in [0.2, 0.25) is 0 Å². The van der Waals surface area contributed by atoms with E-state index in [2.05, 4.69) is 35.8 Å². The molecule has 0 saturated heterocycles. The monoisotopic (exact) mass is 394 g/mol. The van der Waals surface area contributed by atoms with Gasteiger partial charge in [0.25, 0.3) is 0 Å². The van der Waals surface area contributed by atoms with Gasteiger partial charge in [0, 0.05) is 6.42 Å². The van der Waals surface area contributed by atoms with E-state index in [9.17, 15) is 0 Å². The summed E-state index contributed by atoms with van der Waals surface area (Å²) in [6, 6.07) is 9.68. The number of rotatable bonds is 8. The van der Waals surface area contributed by atoms with Crippen molar-refractivity contribution in [3.63, 3.8) is 0 Å². The first-order valence-electron chi connectivity index (χ1n) is 7.80. The van der Waals surface area contributed by atoms with Gasteiger partial charge in [-0.25, -0.2) is 0 Å². The van der Waals surface area contributed by atoms with Crippen molar-refractivity contribution in [1.29, 1.82) is 0 Å². The molecule has 4 nitrogen and oxygen atoms in total. The van der Waals surface area contributed by atoms with Crippen molar-refractivity contribution >= 4 is 15.9 Å². The minimum atomic E-state index is 0.513. The number of methoxy groups -OCH3 is 2. The normalized spacial score (nSPS) is 10.4. The predicted octanol–water partition coefficient (Wildman–Crippen LogP) is 4.93. The van der Waals surface area contributed by atoms with Crippen LogP contribution in [0.15, 0.2) is 34.8 Å². The lowest BCUT2D eigenvalue weighted by molar-refractivity contribution is 0.232. The van der Waals surface area contributed by atoms with Crippen molar-refractivity contribution in [2.24, 2.45) is 0 Å². The summed E-state index contributed by atoms with van der Waals surface area (Å²) in [7, 11) is 3.23. The van der Waals surface area contributed by atoms with Crippen molar-refractivity contribution in [3.05, 3.63) is 45.9 Å². The van der Waals surface area contributed by atoms with Crippen molar-refractivity contribution in [2.75, 3.05) is 27.4 Å². The summed E-state index contributed by atoms with van der Waals surface area (Å²) in [5.74, 6) is 2.79. The van der Waals surface area contributed by atoms with Crippen molar-refractivity contribution in [3.8, 4) is 23.0 Å². The molecule has 0 unspecified atom stereocenters. The second-order valence-corrected chi connectivity index (χ2v) is 6.26. The molecular weight excluding hydrogens is 372 g/mol. The number of para-hydroxylation sites is 1. The molecule has 24 heavy (non-hydrogen) atoms. The van der Waals surface area contributed by atoms with E-state index in [1.54, 1.807) is 14.2 Å². The molecule has 0 aliphatic heterocycles. The number of halogens is 1. The van der Waals surface area contributed by atoms with Gasteiger partial charge in [0.05, 0.1) is 31.9 Å². The first-order valence-corrected chi connectivity index (χ1v) is 8.59. The van der Waals surface area contributed by atoms with Gasteiger partial charge >= 0.3 is 0 Å². The second kappa shape index (κ2) is 8.83. The zero-order valence-corrected chi connectivity index (χ0v) is 16.1. The van der Waals surface area contributed by atoms with Gasteiger partial charge in [0.2, 0.25) is 5.75 Å². The Morgan fingerprint density at radius 1 is 0.833 bits per heavy atom. The summed E-state index contributed by atoms with van der Waals surface area (Å²) < 4.78 is 23.2. The first kappa shape index (κ1) is 18.5. The number of benzene rings is 2. The second-order valence-electron chi connectivity index (χ2n) is 5.41. The Hall–Kier alpha value is -1.88. The highest BCUT2D eigenvalue weighted by Crippen LogP contribution is 2.36. The fourth-order valence-corrected chi connectivity index (χ4v) is 2.81. The molecule has 0 aliphatic carbocycles. The number of ether oxygens (including phenoxy) is 4. The van der Waals surface area contributed by atoms with E-state index >= 15 is 0 Å². The highest BCUT2D eigenvalue weighted by atomic mass is 79.9. The minimum Gasteiger partial charge on any atom is -0.493 e. The summed E-state index contributed by atoms with van der Waals surface area (Å²) in [5.41, 5.74) is 2.45. The lowest BCUT2D eigenvalue weighted by Gasteiger charge is -2.14. The average Bonchev–Trinajstić information content (AvgIpc) is 2.58. The van der Waals surface area contributed by atoms with E-state index < -0.39 is 0 Å². The molecule has 0 heterocycles. The van der Waals surface area contributed by atoms with Gasteiger partial charge in [-0.05, 0) is 65.2 Å². The summed E-state index contributed by atoms with van der Waals surface area (Å²) >= 11 is 3.54. The Kier molecular flexibility index (Phi) is 6.79. The van der Waals surface area contributed by atoms with E-state index in [4.69, 9.17) is 18.9 Å². The Balaban J connectivity index is 1.87. The van der Waals surface area contributed by atoms with Crippen LogP contribution >= 0.6 is 15.9 Å². The molecule has 0 fully saturated rings. The molecule has 2 aromatic rings. The highest BCUT2D eigenvalue weighted by Gasteiger charge is 2.11. The summed E-state index contributed by atoms with van der Waals surface area (Å²) in [5, 5.41) is 0. The maximum absolute atomic E-state index is 5.83. The van der Waals surface area contributed by atoms with E-state index in [-0.39, 0.29) is 0 Å². The lowest BCUT2D eigenvalue weighted by atomic mass is 10.1. The fraction of sp³-hybridized carbons (Fsp3) is 0.368. The van der Waals surface area contributed by atoms with Gasteiger partial charge in [0.1, 0.15) is 5.75 Å². The van der Waals surface area contributed by atoms with E-state index in [0.29, 0.717) is 30.5 Å². The van der Waals surface area contributed by atoms with Crippen LogP contribution in [0.3, 0.4) is 0 Å². The van der Waals surface area contributed by atoms with Gasteiger partial charge in [-0.3, -0.25) is 0 Å². The van der Waals surface area contributed by atoms with Crippen molar-refractivity contribution in [2.45, 2.75) is 20.3 Å². The van der Waals surface area contributed by atoms with E-state index in [1.165, 1.54) is 11.1 Å². The van der Waals surface area contributed by atoms with Crippen LogP contribution in [-0.2, 0) is 0 Å². The van der Waals surface area contributed by atoms with Gasteiger partial charge in [-0.1, -0.05) is 6.07 Å². The predicted molar refractivity (Wildman–Crippen MR) is 98.8 cm³/mol. The van der Waals surface area contributed by atoms with Crippen LogP contribution in [0.1, 0.15) is 17.5 Å². The topological polar surface area (TPSA) is 36.9 Å². The molecule has 0 atom stereocenters. The summed E-state index contributed by atoms with van der Waals surface area (Å²) in [4.78, 5) is 0. The van der Waals surface area contributed by atoms with Gasteiger partial charge in [-0.15, -0.1) is 0 Å². The van der Waals surface area contributed by atoms with Crippen LogP contribution in [0, 0.1) is 13.8 Å². The Bertz CT molecular complexity index is 663. The van der Waals surface area contributed by atoms with Gasteiger partial charge in [-0.2, -0.15) is 0 Å². The van der Waals surface area contributed by atoms with Gasteiger partial charge < -0.3 is 18.9 Å². The molecule has 5 heteroatoms. The SMILES string of the molecule is COc1cccc(OC)c1OCCCOc1cc(C)c(C)cc1Br. The Labute approximate surface area is 151 Å². The molecule has 0 spiro atoms. The molecule has 0 N–H and O–H groups in total. The standard InChI is InChI=1S/C19H23BrO4/c1-13-11-15(20)18(12-14(13)2)23-9-6-10-24-19-16(21-3)7-5-8-17(19)22-4/h5,7-8,11-12H,6,9-10H2,1-4H3. The molecule has 0 saturated carbocycles. The quantitative estimate of drug-likeness (QED) is 0.594. The van der Waals surface area contributed by atoms with Crippen molar-refractivity contribution in [1.82, 2.24) is 0 Å². The molecule has 2 aromatic carbocycles. The summed E-state index contributed by atoms with van der Waals surface area (Å²) in [6.07, 6.45) is 0.751. The molecule has 130 valence electrons. The first-order chi connectivity index (χ1) is 11.6. The zero-order valence-electron chi connectivity index (χ0n) is 14.5. The lowest BCUT2D eigenvalue weighted by Crippen LogP contribution is -2.07. The maximum Gasteiger partial charge on any atom is 0.203 e. The van der Waals surface area contributed by atoms with Gasteiger partial charge in [0.15, 0.2) is 11.5 Å². The number of aryl methyl sites for hydroxylation is 2. The number of hydrogen-bond donors (Lipinski definition) is 0. The summed E-state index contributed by atoms with van der Waals surface area (Å²) in [6.45, 7) is 5.24. The third-order valence-electron chi connectivity index (χ3n) is 3.72. The fourth-order valence-electron chi connectivity index (χ4n) is 2.24. The molecule has 0 aromatic heterocycles. The third-order valence-corrected chi connectivity index (χ3v) is 4.34. The van der Waals surface area contributed by atoms with Crippen LogP contribution in [0.5, 0.6) is 23.0 Å². The number of hydrogen-bond acceptors (Lipinski definition) is 4. The molecule has 0 aliphatic rings. The van der Waals surface area contributed by atoms with E-state index in [1.807, 2.05) is 24.3 Å². The van der Waals surface area contributed by atoms with Crippen LogP contribution < -0.4 is 18.9 Å². The average molecular weight is 395 g/mol. The molecule has 0 bridgehead atoms. The van der Waals surface area contributed by atoms with Crippen LogP contribution in [0.25, 0.3) is 0 Å². The largest absolute Gasteiger partial charge is 0.493 e. The zero-order chi connectivity index (χ0) is 17.5. The molecule has 2 rings (SSSR count). The molecule has 0 radical (unpaired) electrons. The molecular formula is C19H23BrO4.